The molecule has 2 fully saturated rings. The molecule has 1 saturated heterocycles. The molecule has 0 radical (unpaired) electrons. The van der Waals surface area contributed by atoms with Crippen molar-refractivity contribution in [2.24, 2.45) is 5.92 Å². The Morgan fingerprint density at radius 2 is 1.88 bits per heavy atom. The average Bonchev–Trinajstić information content (AvgIpc) is 3.10. The van der Waals surface area contributed by atoms with E-state index in [4.69, 9.17) is 4.74 Å². The highest BCUT2D eigenvalue weighted by Crippen LogP contribution is 2.43. The molecule has 0 aromatic heterocycles. The van der Waals surface area contributed by atoms with E-state index < -0.39 is 0 Å². The van der Waals surface area contributed by atoms with Crippen LogP contribution in [0.2, 0.25) is 0 Å². The van der Waals surface area contributed by atoms with Crippen LogP contribution in [0.3, 0.4) is 0 Å². The fourth-order valence-electron chi connectivity index (χ4n) is 5.01. The predicted molar refractivity (Wildman–Crippen MR) is 140 cm³/mol. The number of ether oxygens (including phenoxy) is 1. The lowest BCUT2D eigenvalue weighted by Crippen LogP contribution is -2.48. The summed E-state index contributed by atoms with van der Waals surface area (Å²) in [6.07, 6.45) is 6.80. The van der Waals surface area contributed by atoms with E-state index in [9.17, 15) is 4.79 Å². The van der Waals surface area contributed by atoms with E-state index in [-0.39, 0.29) is 17.4 Å². The number of carbonyl (C=O) groups is 1. The number of nitrogens with one attached hydrogen (secondary N) is 1. The normalized spacial score (nSPS) is 24.5. The van der Waals surface area contributed by atoms with Crippen LogP contribution < -0.4 is 10.1 Å². The monoisotopic (exact) mass is 464 g/mol. The lowest BCUT2D eigenvalue weighted by molar-refractivity contribution is -0.129. The summed E-state index contributed by atoms with van der Waals surface area (Å²) in [5.74, 6) is 1.92. The van der Waals surface area contributed by atoms with E-state index in [0.717, 1.165) is 33.9 Å². The van der Waals surface area contributed by atoms with Crippen molar-refractivity contribution in [2.45, 2.75) is 70.8 Å². The minimum Gasteiger partial charge on any atom is -0.496 e. The molecule has 1 unspecified atom stereocenters. The van der Waals surface area contributed by atoms with Gasteiger partial charge in [-0.3, -0.25) is 4.79 Å². The van der Waals surface area contributed by atoms with E-state index in [0.29, 0.717) is 11.8 Å². The zero-order valence-corrected chi connectivity index (χ0v) is 21.2. The Morgan fingerprint density at radius 3 is 2.55 bits per heavy atom. The van der Waals surface area contributed by atoms with Crippen LogP contribution in [0.15, 0.2) is 47.4 Å². The van der Waals surface area contributed by atoms with Crippen molar-refractivity contribution in [3.05, 3.63) is 64.1 Å². The number of rotatable bonds is 6. The molecule has 2 aromatic carbocycles. The van der Waals surface area contributed by atoms with Gasteiger partial charge >= 0.3 is 0 Å². The molecule has 1 heterocycles. The third-order valence-electron chi connectivity index (χ3n) is 6.95. The summed E-state index contributed by atoms with van der Waals surface area (Å²) in [5.41, 5.74) is 4.32. The number of hydrogen-bond acceptors (Lipinski definition) is 4. The quantitative estimate of drug-likeness (QED) is 0.467. The smallest absolute Gasteiger partial charge is 0.262 e. The summed E-state index contributed by atoms with van der Waals surface area (Å²) < 4.78 is 5.61. The standard InChI is InChI=1S/C28H36N2O2S/c1-18(2)23-16-21(20(4)15-25(23)32-5)17-26-27(31)30(24-14-10-9-11-19(24)3)28(33-26)29-22-12-7-6-8-13-22/h6-8,12-13,15-19,24,28-29H,9-11,14H2,1-5H3/b26-17-/t19-,24-,28?/m0/s1. The van der Waals surface area contributed by atoms with Gasteiger partial charge in [0.25, 0.3) is 5.91 Å². The molecule has 33 heavy (non-hydrogen) atoms. The first-order valence-electron chi connectivity index (χ1n) is 12.1. The first-order valence-corrected chi connectivity index (χ1v) is 13.0. The number of aryl methyl sites for hydroxylation is 1. The van der Waals surface area contributed by atoms with Crippen molar-refractivity contribution < 1.29 is 9.53 Å². The molecule has 2 aliphatic rings. The molecule has 1 amide bonds. The minimum atomic E-state index is -0.0974. The molecule has 1 aliphatic carbocycles. The number of para-hydroxylation sites is 1. The van der Waals surface area contributed by atoms with Gasteiger partial charge in [0, 0.05) is 11.7 Å². The SMILES string of the molecule is COc1cc(C)c(/C=C2\SC(Nc3ccccc3)N([C@H]3CCCC[C@@H]3C)C2=O)cc1C(C)C. The zero-order chi connectivity index (χ0) is 23.5. The van der Waals surface area contributed by atoms with Crippen molar-refractivity contribution in [2.75, 3.05) is 12.4 Å². The number of methoxy groups -OCH3 is 1. The molecular weight excluding hydrogens is 428 g/mol. The van der Waals surface area contributed by atoms with Crippen LogP contribution in [0.4, 0.5) is 5.69 Å². The van der Waals surface area contributed by atoms with Gasteiger partial charge in [0.1, 0.15) is 5.75 Å². The van der Waals surface area contributed by atoms with Gasteiger partial charge in [-0.15, -0.1) is 0 Å². The van der Waals surface area contributed by atoms with E-state index in [1.807, 2.05) is 18.2 Å². The second kappa shape index (κ2) is 10.3. The number of benzene rings is 2. The van der Waals surface area contributed by atoms with Crippen LogP contribution in [0.5, 0.6) is 5.75 Å². The van der Waals surface area contributed by atoms with Gasteiger partial charge in [-0.2, -0.15) is 0 Å². The van der Waals surface area contributed by atoms with Gasteiger partial charge in [-0.1, -0.05) is 63.6 Å². The molecule has 3 atom stereocenters. The number of carbonyl (C=O) groups excluding carboxylic acids is 1. The maximum Gasteiger partial charge on any atom is 0.262 e. The Morgan fingerprint density at radius 1 is 1.15 bits per heavy atom. The molecule has 5 heteroatoms. The molecular formula is C28H36N2O2S. The Bertz CT molecular complexity index is 1020. The number of hydrogen-bond donors (Lipinski definition) is 1. The predicted octanol–water partition coefficient (Wildman–Crippen LogP) is 7.02. The second-order valence-corrected chi connectivity index (χ2v) is 10.8. The van der Waals surface area contributed by atoms with Gasteiger partial charge in [0.2, 0.25) is 0 Å². The fourth-order valence-corrected chi connectivity index (χ4v) is 6.21. The summed E-state index contributed by atoms with van der Waals surface area (Å²) in [6, 6.07) is 14.8. The molecule has 1 saturated carbocycles. The van der Waals surface area contributed by atoms with Crippen molar-refractivity contribution in [1.82, 2.24) is 4.90 Å². The van der Waals surface area contributed by atoms with Crippen molar-refractivity contribution in [1.29, 1.82) is 0 Å². The third-order valence-corrected chi connectivity index (χ3v) is 8.07. The van der Waals surface area contributed by atoms with E-state index in [1.165, 1.54) is 24.8 Å². The molecule has 176 valence electrons. The van der Waals surface area contributed by atoms with Crippen molar-refractivity contribution in [3.8, 4) is 5.75 Å². The molecule has 1 aliphatic heterocycles. The Labute approximate surface area is 202 Å². The van der Waals surface area contributed by atoms with Crippen LogP contribution in [0.25, 0.3) is 6.08 Å². The minimum absolute atomic E-state index is 0.0974. The van der Waals surface area contributed by atoms with Gasteiger partial charge in [0.15, 0.2) is 5.50 Å². The summed E-state index contributed by atoms with van der Waals surface area (Å²) in [4.78, 5) is 16.7. The molecule has 2 aromatic rings. The third kappa shape index (κ3) is 5.08. The van der Waals surface area contributed by atoms with E-state index >= 15 is 0 Å². The average molecular weight is 465 g/mol. The van der Waals surface area contributed by atoms with Gasteiger partial charge in [-0.25, -0.2) is 0 Å². The fraction of sp³-hybridized carbons (Fsp3) is 0.464. The lowest BCUT2D eigenvalue weighted by Gasteiger charge is -2.39. The van der Waals surface area contributed by atoms with Crippen LogP contribution in [-0.4, -0.2) is 29.5 Å². The topological polar surface area (TPSA) is 41.6 Å². The summed E-state index contributed by atoms with van der Waals surface area (Å²) >= 11 is 1.64. The zero-order valence-electron chi connectivity index (χ0n) is 20.4. The highest BCUT2D eigenvalue weighted by atomic mass is 32.2. The summed E-state index contributed by atoms with van der Waals surface area (Å²) in [6.45, 7) is 8.73. The van der Waals surface area contributed by atoms with Crippen molar-refractivity contribution in [3.63, 3.8) is 0 Å². The number of thioether (sulfide) groups is 1. The largest absolute Gasteiger partial charge is 0.496 e. The van der Waals surface area contributed by atoms with Gasteiger partial charge in [0.05, 0.1) is 12.0 Å². The van der Waals surface area contributed by atoms with Crippen LogP contribution >= 0.6 is 11.8 Å². The highest BCUT2D eigenvalue weighted by Gasteiger charge is 2.43. The Balaban J connectivity index is 1.70. The molecule has 4 rings (SSSR count). The molecule has 1 N–H and O–H groups in total. The van der Waals surface area contributed by atoms with Crippen LogP contribution in [-0.2, 0) is 4.79 Å². The van der Waals surface area contributed by atoms with E-state index in [2.05, 4.69) is 68.3 Å². The first kappa shape index (κ1) is 23.7. The van der Waals surface area contributed by atoms with E-state index in [1.54, 1.807) is 18.9 Å². The summed E-state index contributed by atoms with van der Waals surface area (Å²) in [7, 11) is 1.72. The maximum atomic E-state index is 13.8. The Kier molecular flexibility index (Phi) is 7.38. The number of nitrogens with zero attached hydrogens (tertiary/aromatic N) is 1. The molecule has 0 bridgehead atoms. The van der Waals surface area contributed by atoms with Gasteiger partial charge in [-0.05, 0) is 78.6 Å². The number of amides is 1. The van der Waals surface area contributed by atoms with Gasteiger partial charge < -0.3 is 15.0 Å². The number of anilines is 1. The van der Waals surface area contributed by atoms with Crippen molar-refractivity contribution >= 4 is 29.4 Å². The molecule has 0 spiro atoms. The highest BCUT2D eigenvalue weighted by molar-refractivity contribution is 8.05. The molecule has 4 nitrogen and oxygen atoms in total. The van der Waals surface area contributed by atoms with Crippen LogP contribution in [0, 0.1) is 12.8 Å². The second-order valence-electron chi connectivity index (χ2n) is 9.64. The van der Waals surface area contributed by atoms with Crippen LogP contribution in [0.1, 0.15) is 69.1 Å². The first-order chi connectivity index (χ1) is 15.9. The maximum absolute atomic E-state index is 13.8. The lowest BCUT2D eigenvalue weighted by atomic mass is 9.85. The Hall–Kier alpha value is -2.40. The summed E-state index contributed by atoms with van der Waals surface area (Å²) in [5, 5.41) is 3.62.